The summed E-state index contributed by atoms with van der Waals surface area (Å²) in [4.78, 5) is 13.4. The van der Waals surface area contributed by atoms with E-state index in [9.17, 15) is 13.2 Å². The standard InChI is InChI=1S/C22H29N3O3S2/c1-4-17(3)29-19-9-10-20(16(2)15-19)24-22(26)23-12-14-30(27,28)25-13-11-18-7-5-6-8-21(18)25/h5-10,15,17H,4,11-14H2,1-3H3,(H2,23,24,26). The molecule has 0 fully saturated rings. The van der Waals surface area contributed by atoms with Crippen LogP contribution in [-0.2, 0) is 16.4 Å². The van der Waals surface area contributed by atoms with Gasteiger partial charge in [0, 0.05) is 28.9 Å². The van der Waals surface area contributed by atoms with Gasteiger partial charge in [-0.1, -0.05) is 32.0 Å². The van der Waals surface area contributed by atoms with Gasteiger partial charge in [0.25, 0.3) is 0 Å². The van der Waals surface area contributed by atoms with E-state index in [0.29, 0.717) is 18.2 Å². The Balaban J connectivity index is 1.52. The number of amides is 2. The second kappa shape index (κ2) is 9.75. The van der Waals surface area contributed by atoms with Crippen molar-refractivity contribution in [2.45, 2.75) is 43.8 Å². The van der Waals surface area contributed by atoms with E-state index < -0.39 is 16.1 Å². The maximum Gasteiger partial charge on any atom is 0.319 e. The summed E-state index contributed by atoms with van der Waals surface area (Å²) in [5.74, 6) is -0.141. The Morgan fingerprint density at radius 3 is 2.73 bits per heavy atom. The van der Waals surface area contributed by atoms with Crippen LogP contribution in [0.5, 0.6) is 0 Å². The summed E-state index contributed by atoms with van der Waals surface area (Å²) in [5.41, 5.74) is 3.47. The second-order valence-electron chi connectivity index (χ2n) is 7.46. The molecule has 0 saturated heterocycles. The lowest BCUT2D eigenvalue weighted by atomic mass is 10.2. The molecule has 2 aromatic rings. The molecule has 2 amide bonds. The van der Waals surface area contributed by atoms with Gasteiger partial charge < -0.3 is 10.6 Å². The van der Waals surface area contributed by atoms with E-state index in [1.165, 1.54) is 9.20 Å². The van der Waals surface area contributed by atoms with Crippen LogP contribution < -0.4 is 14.9 Å². The predicted molar refractivity (Wildman–Crippen MR) is 125 cm³/mol. The fraction of sp³-hybridized carbons (Fsp3) is 0.409. The largest absolute Gasteiger partial charge is 0.337 e. The molecule has 1 unspecified atom stereocenters. The number of benzene rings is 2. The number of carbonyl (C=O) groups excluding carboxylic acids is 1. The third-order valence-corrected chi connectivity index (χ3v) is 8.22. The average molecular weight is 448 g/mol. The minimum absolute atomic E-state index is 0.0494. The van der Waals surface area contributed by atoms with Gasteiger partial charge in [0.2, 0.25) is 10.0 Å². The molecule has 1 aliphatic rings. The molecule has 1 aliphatic heterocycles. The number of sulfonamides is 1. The fourth-order valence-electron chi connectivity index (χ4n) is 3.33. The minimum Gasteiger partial charge on any atom is -0.337 e. The van der Waals surface area contributed by atoms with E-state index in [1.54, 1.807) is 0 Å². The number of nitrogens with zero attached hydrogens (tertiary/aromatic N) is 1. The van der Waals surface area contributed by atoms with Crippen molar-refractivity contribution in [3.8, 4) is 0 Å². The van der Waals surface area contributed by atoms with Crippen LogP contribution in [0.3, 0.4) is 0 Å². The molecule has 162 valence electrons. The maximum atomic E-state index is 12.7. The van der Waals surface area contributed by atoms with Crippen molar-refractivity contribution in [1.82, 2.24) is 5.32 Å². The third-order valence-electron chi connectivity index (χ3n) is 5.18. The molecule has 0 aromatic heterocycles. The number of fused-ring (bicyclic) bond motifs is 1. The highest BCUT2D eigenvalue weighted by Crippen LogP contribution is 2.30. The number of nitrogens with one attached hydrogen (secondary N) is 2. The number of urea groups is 1. The van der Waals surface area contributed by atoms with Crippen LogP contribution in [0.1, 0.15) is 31.4 Å². The first-order valence-electron chi connectivity index (χ1n) is 10.2. The quantitative estimate of drug-likeness (QED) is 0.588. The van der Waals surface area contributed by atoms with E-state index in [2.05, 4.69) is 30.5 Å². The maximum absolute atomic E-state index is 12.7. The van der Waals surface area contributed by atoms with E-state index in [1.807, 2.05) is 55.1 Å². The lowest BCUT2D eigenvalue weighted by Crippen LogP contribution is -2.38. The zero-order chi connectivity index (χ0) is 21.7. The van der Waals surface area contributed by atoms with Crippen molar-refractivity contribution >= 4 is 39.2 Å². The highest BCUT2D eigenvalue weighted by molar-refractivity contribution is 8.00. The van der Waals surface area contributed by atoms with Crippen LogP contribution in [0.2, 0.25) is 0 Å². The lowest BCUT2D eigenvalue weighted by Gasteiger charge is -2.19. The Hall–Kier alpha value is -2.19. The summed E-state index contributed by atoms with van der Waals surface area (Å²) in [6.07, 6.45) is 1.81. The molecule has 2 aromatic carbocycles. The van der Waals surface area contributed by atoms with E-state index in [0.717, 1.165) is 28.9 Å². The second-order valence-corrected chi connectivity index (χ2v) is 11.0. The molecule has 0 bridgehead atoms. The van der Waals surface area contributed by atoms with Crippen LogP contribution in [-0.4, -0.2) is 38.5 Å². The van der Waals surface area contributed by atoms with E-state index in [-0.39, 0.29) is 12.3 Å². The zero-order valence-corrected chi connectivity index (χ0v) is 19.3. The van der Waals surface area contributed by atoms with E-state index >= 15 is 0 Å². The summed E-state index contributed by atoms with van der Waals surface area (Å²) in [6.45, 7) is 6.80. The van der Waals surface area contributed by atoms with Crippen LogP contribution >= 0.6 is 11.8 Å². The molecule has 8 heteroatoms. The molecule has 1 heterocycles. The molecule has 0 spiro atoms. The number of hydrogen-bond acceptors (Lipinski definition) is 4. The fourth-order valence-corrected chi connectivity index (χ4v) is 5.78. The summed E-state index contributed by atoms with van der Waals surface area (Å²) >= 11 is 1.81. The van der Waals surface area contributed by atoms with Gasteiger partial charge >= 0.3 is 6.03 Å². The van der Waals surface area contributed by atoms with Gasteiger partial charge in [0.05, 0.1) is 11.4 Å². The highest BCUT2D eigenvalue weighted by Gasteiger charge is 2.28. The molecule has 0 radical (unpaired) electrons. The zero-order valence-electron chi connectivity index (χ0n) is 17.6. The topological polar surface area (TPSA) is 78.5 Å². The molecule has 6 nitrogen and oxygen atoms in total. The molecular weight excluding hydrogens is 418 g/mol. The van der Waals surface area contributed by atoms with Crippen LogP contribution in [0, 0.1) is 6.92 Å². The van der Waals surface area contributed by atoms with Crippen molar-refractivity contribution in [3.63, 3.8) is 0 Å². The summed E-state index contributed by atoms with van der Waals surface area (Å²) < 4.78 is 26.8. The van der Waals surface area contributed by atoms with Gasteiger partial charge in [-0.25, -0.2) is 13.2 Å². The number of carbonyl (C=O) groups is 1. The van der Waals surface area contributed by atoms with Gasteiger partial charge in [-0.3, -0.25) is 4.31 Å². The molecule has 0 saturated carbocycles. The monoisotopic (exact) mass is 447 g/mol. The van der Waals surface area contributed by atoms with Crippen molar-refractivity contribution in [2.75, 3.05) is 28.5 Å². The number of thioether (sulfide) groups is 1. The molecule has 30 heavy (non-hydrogen) atoms. The van der Waals surface area contributed by atoms with Crippen molar-refractivity contribution < 1.29 is 13.2 Å². The number of hydrogen-bond donors (Lipinski definition) is 2. The number of rotatable bonds is 8. The minimum atomic E-state index is -3.48. The molecule has 1 atom stereocenters. The predicted octanol–water partition coefficient (Wildman–Crippen LogP) is 4.40. The SMILES string of the molecule is CCC(C)Sc1ccc(NC(=O)NCCS(=O)(=O)N2CCc3ccccc32)c(C)c1. The Labute approximate surface area is 183 Å². The molecule has 3 rings (SSSR count). The van der Waals surface area contributed by atoms with Gasteiger partial charge in [0.1, 0.15) is 0 Å². The average Bonchev–Trinajstić information content (AvgIpc) is 3.15. The Morgan fingerprint density at radius 2 is 2.00 bits per heavy atom. The summed E-state index contributed by atoms with van der Waals surface area (Å²) in [5, 5.41) is 6.00. The summed E-state index contributed by atoms with van der Waals surface area (Å²) in [7, 11) is -3.48. The number of anilines is 2. The van der Waals surface area contributed by atoms with E-state index in [4.69, 9.17) is 0 Å². The smallest absolute Gasteiger partial charge is 0.319 e. The first kappa shape index (κ1) is 22.5. The highest BCUT2D eigenvalue weighted by atomic mass is 32.2. The van der Waals surface area contributed by atoms with Crippen molar-refractivity contribution in [2.24, 2.45) is 0 Å². The summed E-state index contributed by atoms with van der Waals surface area (Å²) in [6, 6.07) is 13.1. The third kappa shape index (κ3) is 5.49. The molecule has 0 aliphatic carbocycles. The van der Waals surface area contributed by atoms with Crippen molar-refractivity contribution in [1.29, 1.82) is 0 Å². The Bertz CT molecular complexity index is 1010. The van der Waals surface area contributed by atoms with Gasteiger partial charge in [0.15, 0.2) is 0 Å². The Kier molecular flexibility index (Phi) is 7.31. The lowest BCUT2D eigenvalue weighted by molar-refractivity contribution is 0.252. The van der Waals surface area contributed by atoms with Gasteiger partial charge in [-0.05, 0) is 55.2 Å². The van der Waals surface area contributed by atoms with Crippen LogP contribution in [0.25, 0.3) is 0 Å². The first-order valence-corrected chi connectivity index (χ1v) is 12.7. The normalized spacial score (nSPS) is 14.3. The first-order chi connectivity index (χ1) is 14.3. The number of para-hydroxylation sites is 1. The molecular formula is C22H29N3O3S2. The molecule has 2 N–H and O–H groups in total. The van der Waals surface area contributed by atoms with Gasteiger partial charge in [-0.15, -0.1) is 11.8 Å². The number of aryl methyl sites for hydroxylation is 1. The van der Waals surface area contributed by atoms with Crippen LogP contribution in [0.15, 0.2) is 47.4 Å². The Morgan fingerprint density at radius 1 is 1.23 bits per heavy atom. The van der Waals surface area contributed by atoms with Gasteiger partial charge in [-0.2, -0.15) is 0 Å². The van der Waals surface area contributed by atoms with Crippen LogP contribution in [0.4, 0.5) is 16.2 Å². The van der Waals surface area contributed by atoms with Crippen molar-refractivity contribution in [3.05, 3.63) is 53.6 Å².